The number of benzene rings is 1. The number of nitrogens with zero attached hydrogens (tertiary/aromatic N) is 4. The Morgan fingerprint density at radius 2 is 1.90 bits per heavy atom. The number of hydrogen-bond acceptors (Lipinski definition) is 5. The largest absolute Gasteiger partial charge is 0.404 e. The Hall–Kier alpha value is -3.22. The van der Waals surface area contributed by atoms with Crippen LogP contribution in [-0.2, 0) is 0 Å². The van der Waals surface area contributed by atoms with Crippen molar-refractivity contribution in [3.8, 4) is 17.6 Å². The van der Waals surface area contributed by atoms with Gasteiger partial charge in [0.25, 0.3) is 0 Å². The number of pyridine rings is 1. The Morgan fingerprint density at radius 1 is 1.10 bits per heavy atom. The summed E-state index contributed by atoms with van der Waals surface area (Å²) in [5.41, 5.74) is 6.61. The number of amidine groups is 1. The predicted molar refractivity (Wildman–Crippen MR) is 76.7 cm³/mol. The predicted octanol–water partition coefficient (Wildman–Crippen LogP) is 1.74. The summed E-state index contributed by atoms with van der Waals surface area (Å²) in [7, 11) is 0. The number of para-hydroxylation sites is 1. The molecule has 0 saturated heterocycles. The van der Waals surface area contributed by atoms with Crippen LogP contribution in [0.5, 0.6) is 11.9 Å². The molecule has 0 spiro atoms. The Bertz CT molecular complexity index is 768. The normalized spacial score (nSPS) is 10.3. The van der Waals surface area contributed by atoms with Crippen LogP contribution in [0.15, 0.2) is 54.9 Å². The minimum Gasteiger partial charge on any atom is -0.404 e. The number of nitrogen functional groups attached to an aromatic ring is 1. The van der Waals surface area contributed by atoms with Gasteiger partial charge in [0, 0.05) is 6.07 Å². The average molecular weight is 280 g/mol. The monoisotopic (exact) mass is 280 g/mol. The molecule has 0 fully saturated rings. The van der Waals surface area contributed by atoms with Crippen molar-refractivity contribution in [1.29, 1.82) is 5.41 Å². The van der Waals surface area contributed by atoms with E-state index in [1.54, 1.807) is 29.2 Å². The first-order valence-electron chi connectivity index (χ1n) is 6.19. The highest BCUT2D eigenvalue weighted by atomic mass is 16.5. The molecule has 3 aromatic rings. The van der Waals surface area contributed by atoms with Gasteiger partial charge in [-0.05, 0) is 18.2 Å². The first kappa shape index (κ1) is 12.8. The number of hydrogen-bond donors (Lipinski definition) is 2. The lowest BCUT2D eigenvalue weighted by molar-refractivity contribution is 0.424. The minimum atomic E-state index is -0.122. The quantitative estimate of drug-likeness (QED) is 0.559. The van der Waals surface area contributed by atoms with E-state index in [1.807, 2.05) is 30.3 Å². The van der Waals surface area contributed by atoms with Crippen LogP contribution in [-0.4, -0.2) is 25.6 Å². The summed E-state index contributed by atoms with van der Waals surface area (Å²) >= 11 is 0. The maximum atomic E-state index is 7.35. The molecule has 0 radical (unpaired) electrons. The second-order valence-corrected chi connectivity index (χ2v) is 4.18. The van der Waals surface area contributed by atoms with Gasteiger partial charge in [-0.2, -0.15) is 4.98 Å². The topological polar surface area (TPSA) is 103 Å². The van der Waals surface area contributed by atoms with Gasteiger partial charge in [-0.15, -0.1) is 5.10 Å². The summed E-state index contributed by atoms with van der Waals surface area (Å²) < 4.78 is 7.07. The summed E-state index contributed by atoms with van der Waals surface area (Å²) in [6.07, 6.45) is 1.56. The summed E-state index contributed by atoms with van der Waals surface area (Å²) in [5.74, 6) is 0.164. The van der Waals surface area contributed by atoms with Crippen molar-refractivity contribution in [1.82, 2.24) is 19.7 Å². The Labute approximate surface area is 120 Å². The minimum absolute atomic E-state index is 0.122. The van der Waals surface area contributed by atoms with Gasteiger partial charge in [-0.25, -0.2) is 9.67 Å². The number of rotatable bonds is 4. The zero-order valence-corrected chi connectivity index (χ0v) is 11.0. The summed E-state index contributed by atoms with van der Waals surface area (Å²) in [6, 6.07) is 14.7. The van der Waals surface area contributed by atoms with Crippen LogP contribution in [0.2, 0.25) is 0 Å². The van der Waals surface area contributed by atoms with Crippen molar-refractivity contribution < 1.29 is 4.74 Å². The average Bonchev–Trinajstić information content (AvgIpc) is 2.97. The molecular weight excluding hydrogens is 268 g/mol. The van der Waals surface area contributed by atoms with E-state index >= 15 is 0 Å². The maximum Gasteiger partial charge on any atom is 0.342 e. The van der Waals surface area contributed by atoms with Crippen molar-refractivity contribution in [2.75, 3.05) is 0 Å². The fraction of sp³-hybridized carbons (Fsp3) is 0. The highest BCUT2D eigenvalue weighted by molar-refractivity contribution is 5.93. The van der Waals surface area contributed by atoms with Crippen molar-refractivity contribution in [2.45, 2.75) is 0 Å². The maximum absolute atomic E-state index is 7.35. The van der Waals surface area contributed by atoms with E-state index in [2.05, 4.69) is 15.1 Å². The van der Waals surface area contributed by atoms with Gasteiger partial charge in [-0.3, -0.25) is 5.41 Å². The molecule has 2 heterocycles. The number of nitrogens with two attached hydrogens (primary N) is 1. The van der Waals surface area contributed by atoms with Crippen LogP contribution in [0.25, 0.3) is 5.69 Å². The molecule has 2 aromatic heterocycles. The first-order valence-corrected chi connectivity index (χ1v) is 6.19. The van der Waals surface area contributed by atoms with E-state index in [4.69, 9.17) is 15.9 Å². The molecule has 0 atom stereocenters. The molecular formula is C14H12N6O. The van der Waals surface area contributed by atoms with Gasteiger partial charge in [-0.1, -0.05) is 24.3 Å². The number of aromatic nitrogens is 4. The molecule has 7 heteroatoms. The molecule has 1 aromatic carbocycles. The van der Waals surface area contributed by atoms with Crippen LogP contribution in [0.4, 0.5) is 0 Å². The lowest BCUT2D eigenvalue weighted by Gasteiger charge is -2.02. The van der Waals surface area contributed by atoms with Crippen molar-refractivity contribution in [3.05, 3.63) is 60.6 Å². The van der Waals surface area contributed by atoms with E-state index < -0.39 is 0 Å². The SMILES string of the molecule is N=C(N)c1cccc(Oc2ncn(-c3ccccc3)n2)n1. The van der Waals surface area contributed by atoms with Gasteiger partial charge < -0.3 is 10.5 Å². The zero-order chi connectivity index (χ0) is 14.7. The van der Waals surface area contributed by atoms with Gasteiger partial charge >= 0.3 is 6.01 Å². The summed E-state index contributed by atoms with van der Waals surface area (Å²) in [4.78, 5) is 8.16. The molecule has 0 aliphatic heterocycles. The van der Waals surface area contributed by atoms with Gasteiger partial charge in [0.05, 0.1) is 5.69 Å². The third-order valence-corrected chi connectivity index (χ3v) is 2.69. The molecule has 21 heavy (non-hydrogen) atoms. The molecule has 104 valence electrons. The molecule has 0 saturated carbocycles. The Kier molecular flexibility index (Phi) is 3.30. The van der Waals surface area contributed by atoms with Crippen LogP contribution in [0.3, 0.4) is 0 Å². The standard InChI is InChI=1S/C14H12N6O/c15-13(16)11-7-4-8-12(18-11)21-14-17-9-20(19-14)10-5-2-1-3-6-10/h1-9H,(H3,15,16). The summed E-state index contributed by atoms with van der Waals surface area (Å²) in [5, 5.41) is 11.6. The highest BCUT2D eigenvalue weighted by Crippen LogP contribution is 2.16. The summed E-state index contributed by atoms with van der Waals surface area (Å²) in [6.45, 7) is 0. The van der Waals surface area contributed by atoms with Crippen molar-refractivity contribution in [3.63, 3.8) is 0 Å². The fourth-order valence-electron chi connectivity index (χ4n) is 1.71. The van der Waals surface area contributed by atoms with Crippen molar-refractivity contribution >= 4 is 5.84 Å². The van der Waals surface area contributed by atoms with E-state index in [0.717, 1.165) is 5.69 Å². The second kappa shape index (κ2) is 5.41. The van der Waals surface area contributed by atoms with Crippen LogP contribution < -0.4 is 10.5 Å². The molecule has 0 unspecified atom stereocenters. The second-order valence-electron chi connectivity index (χ2n) is 4.18. The zero-order valence-electron chi connectivity index (χ0n) is 11.0. The van der Waals surface area contributed by atoms with E-state index in [-0.39, 0.29) is 17.7 Å². The van der Waals surface area contributed by atoms with Gasteiger partial charge in [0.2, 0.25) is 5.88 Å². The van der Waals surface area contributed by atoms with E-state index in [0.29, 0.717) is 5.69 Å². The van der Waals surface area contributed by atoms with Gasteiger partial charge in [0.1, 0.15) is 17.9 Å². The van der Waals surface area contributed by atoms with Crippen LogP contribution in [0.1, 0.15) is 5.69 Å². The third kappa shape index (κ3) is 2.86. The molecule has 0 aliphatic carbocycles. The van der Waals surface area contributed by atoms with E-state index in [1.165, 1.54) is 0 Å². The number of nitrogens with one attached hydrogen (secondary N) is 1. The smallest absolute Gasteiger partial charge is 0.342 e. The molecule has 0 amide bonds. The van der Waals surface area contributed by atoms with E-state index in [9.17, 15) is 0 Å². The lowest BCUT2D eigenvalue weighted by Crippen LogP contribution is -2.13. The molecule has 3 rings (SSSR count). The fourth-order valence-corrected chi connectivity index (χ4v) is 1.71. The van der Waals surface area contributed by atoms with Crippen LogP contribution in [0, 0.1) is 5.41 Å². The Balaban J connectivity index is 1.82. The van der Waals surface area contributed by atoms with Crippen molar-refractivity contribution in [2.24, 2.45) is 5.73 Å². The Morgan fingerprint density at radius 3 is 2.67 bits per heavy atom. The molecule has 0 aliphatic rings. The molecule has 0 bridgehead atoms. The lowest BCUT2D eigenvalue weighted by atomic mass is 10.3. The van der Waals surface area contributed by atoms with Gasteiger partial charge in [0.15, 0.2) is 0 Å². The molecule has 3 N–H and O–H groups in total. The third-order valence-electron chi connectivity index (χ3n) is 2.69. The highest BCUT2D eigenvalue weighted by Gasteiger charge is 2.07. The van der Waals surface area contributed by atoms with Crippen LogP contribution >= 0.6 is 0 Å². The number of ether oxygens (including phenoxy) is 1. The first-order chi connectivity index (χ1) is 10.2. The molecule has 7 nitrogen and oxygen atoms in total.